The van der Waals surface area contributed by atoms with Gasteiger partial charge in [-0.2, -0.15) is 0 Å². The minimum atomic E-state index is -3.65. The van der Waals surface area contributed by atoms with E-state index in [9.17, 15) is 8.42 Å². The average molecular weight is 399 g/mol. The second-order valence-corrected chi connectivity index (χ2v) is 9.93. The quantitative estimate of drug-likeness (QED) is 0.781. The summed E-state index contributed by atoms with van der Waals surface area (Å²) in [6.45, 7) is 4.02. The molecule has 0 amide bonds. The first-order valence-corrected chi connectivity index (χ1v) is 11.6. The van der Waals surface area contributed by atoms with E-state index in [1.807, 2.05) is 31.2 Å². The van der Waals surface area contributed by atoms with Crippen LogP contribution in [-0.2, 0) is 10.0 Å². The van der Waals surface area contributed by atoms with Crippen LogP contribution in [-0.4, -0.2) is 33.7 Å². The van der Waals surface area contributed by atoms with E-state index in [0.717, 1.165) is 43.6 Å². The van der Waals surface area contributed by atoms with Crippen molar-refractivity contribution in [1.29, 1.82) is 0 Å². The van der Waals surface area contributed by atoms with E-state index in [2.05, 4.69) is 11.0 Å². The van der Waals surface area contributed by atoms with Crippen molar-refractivity contribution in [2.75, 3.05) is 22.3 Å². The Kier molecular flexibility index (Phi) is 4.27. The average Bonchev–Trinajstić information content (AvgIpc) is 3.37. The number of ether oxygens (including phenoxy) is 1. The maximum absolute atomic E-state index is 13.7. The van der Waals surface area contributed by atoms with Gasteiger partial charge in [-0.25, -0.2) is 8.42 Å². The monoisotopic (exact) mass is 398 g/mol. The molecule has 1 saturated carbocycles. The number of fused-ring (bicyclic) bond motifs is 2. The van der Waals surface area contributed by atoms with Crippen molar-refractivity contribution < 1.29 is 13.2 Å². The minimum absolute atomic E-state index is 0.0645. The molecule has 1 aliphatic carbocycles. The van der Waals surface area contributed by atoms with Crippen LogP contribution in [0.5, 0.6) is 5.75 Å². The Morgan fingerprint density at radius 2 is 1.71 bits per heavy atom. The lowest BCUT2D eigenvalue weighted by molar-refractivity contribution is 0.180. The first-order valence-electron chi connectivity index (χ1n) is 10.2. The standard InChI is InChI=1S/C22H26N2O3S/c1-16-7-10-18(11-8-16)28(25,26)24-19-5-4-6-21(19)27-22-12-9-17(15-20(22)24)23-13-2-3-14-23/h7-12,15,19,21H,2-6,13-14H2,1H3. The van der Waals surface area contributed by atoms with Gasteiger partial charge in [0.1, 0.15) is 11.9 Å². The summed E-state index contributed by atoms with van der Waals surface area (Å²) in [4.78, 5) is 2.68. The SMILES string of the molecule is Cc1ccc(S(=O)(=O)N2c3cc(N4CCCC4)ccc3OC3CCCC32)cc1. The molecule has 2 heterocycles. The first kappa shape index (κ1) is 17.9. The number of anilines is 2. The first-order chi connectivity index (χ1) is 13.5. The molecule has 2 unspecified atom stereocenters. The maximum Gasteiger partial charge on any atom is 0.264 e. The van der Waals surface area contributed by atoms with Gasteiger partial charge in [0.2, 0.25) is 0 Å². The highest BCUT2D eigenvalue weighted by atomic mass is 32.2. The fraction of sp³-hybridized carbons (Fsp3) is 0.455. The van der Waals surface area contributed by atoms with Gasteiger partial charge in [0, 0.05) is 18.8 Å². The molecule has 3 aliphatic rings. The van der Waals surface area contributed by atoms with E-state index in [-0.39, 0.29) is 12.1 Å². The Hall–Kier alpha value is -2.21. The number of hydrogen-bond acceptors (Lipinski definition) is 4. The van der Waals surface area contributed by atoms with Crippen molar-refractivity contribution in [3.8, 4) is 5.75 Å². The maximum atomic E-state index is 13.7. The molecule has 0 spiro atoms. The van der Waals surface area contributed by atoms with Crippen molar-refractivity contribution in [2.24, 2.45) is 0 Å². The Balaban J connectivity index is 1.63. The highest BCUT2D eigenvalue weighted by molar-refractivity contribution is 7.92. The number of rotatable bonds is 3. The molecule has 0 bridgehead atoms. The second-order valence-electron chi connectivity index (χ2n) is 8.11. The summed E-state index contributed by atoms with van der Waals surface area (Å²) < 4.78 is 35.3. The van der Waals surface area contributed by atoms with Crippen LogP contribution in [0.15, 0.2) is 47.4 Å². The molecule has 2 aromatic rings. The molecule has 0 radical (unpaired) electrons. The molecule has 5 rings (SSSR count). The third kappa shape index (κ3) is 2.85. The van der Waals surface area contributed by atoms with Gasteiger partial charge in [0.05, 0.1) is 16.6 Å². The van der Waals surface area contributed by atoms with Gasteiger partial charge in [-0.15, -0.1) is 0 Å². The summed E-state index contributed by atoms with van der Waals surface area (Å²) >= 11 is 0. The van der Waals surface area contributed by atoms with Crippen molar-refractivity contribution >= 4 is 21.4 Å². The van der Waals surface area contributed by atoms with Crippen LogP contribution in [0.4, 0.5) is 11.4 Å². The van der Waals surface area contributed by atoms with Crippen LogP contribution in [0.25, 0.3) is 0 Å². The van der Waals surface area contributed by atoms with Crippen molar-refractivity contribution in [3.05, 3.63) is 48.0 Å². The number of benzene rings is 2. The fourth-order valence-electron chi connectivity index (χ4n) is 4.74. The summed E-state index contributed by atoms with van der Waals surface area (Å²) in [5.41, 5.74) is 2.82. The molecule has 2 aromatic carbocycles. The van der Waals surface area contributed by atoms with Gasteiger partial charge in [0.25, 0.3) is 10.0 Å². The van der Waals surface area contributed by atoms with Crippen molar-refractivity contribution in [3.63, 3.8) is 0 Å². The summed E-state index contributed by atoms with van der Waals surface area (Å²) in [5.74, 6) is 0.682. The van der Waals surface area contributed by atoms with Gasteiger partial charge < -0.3 is 9.64 Å². The molecule has 5 nitrogen and oxygen atoms in total. The normalized spacial score (nSPS) is 24.0. The van der Waals surface area contributed by atoms with E-state index >= 15 is 0 Å². The molecule has 2 aliphatic heterocycles. The fourth-order valence-corrected chi connectivity index (χ4v) is 6.44. The van der Waals surface area contributed by atoms with E-state index < -0.39 is 10.0 Å². The summed E-state index contributed by atoms with van der Waals surface area (Å²) in [6.07, 6.45) is 5.03. The van der Waals surface area contributed by atoms with E-state index in [0.29, 0.717) is 16.3 Å². The minimum Gasteiger partial charge on any atom is -0.486 e. The highest BCUT2D eigenvalue weighted by Gasteiger charge is 2.45. The predicted octanol–water partition coefficient (Wildman–Crippen LogP) is 4.10. The second kappa shape index (κ2) is 6.69. The molecular weight excluding hydrogens is 372 g/mol. The molecule has 148 valence electrons. The zero-order valence-electron chi connectivity index (χ0n) is 16.2. The number of hydrogen-bond donors (Lipinski definition) is 0. The molecule has 1 saturated heterocycles. The Bertz CT molecular complexity index is 981. The molecule has 2 atom stereocenters. The molecule has 28 heavy (non-hydrogen) atoms. The van der Waals surface area contributed by atoms with Crippen LogP contribution in [0, 0.1) is 6.92 Å². The lowest BCUT2D eigenvalue weighted by atomic mass is 10.1. The third-order valence-electron chi connectivity index (χ3n) is 6.23. The lowest BCUT2D eigenvalue weighted by Crippen LogP contribution is -2.49. The molecule has 2 fully saturated rings. The Morgan fingerprint density at radius 1 is 0.964 bits per heavy atom. The van der Waals surface area contributed by atoms with Crippen LogP contribution < -0.4 is 13.9 Å². The van der Waals surface area contributed by atoms with Gasteiger partial charge in [0.15, 0.2) is 0 Å². The number of sulfonamides is 1. The van der Waals surface area contributed by atoms with Gasteiger partial charge >= 0.3 is 0 Å². The van der Waals surface area contributed by atoms with Crippen molar-refractivity contribution in [2.45, 2.75) is 56.1 Å². The third-order valence-corrected chi connectivity index (χ3v) is 8.08. The van der Waals surface area contributed by atoms with Gasteiger partial charge in [-0.1, -0.05) is 17.7 Å². The van der Waals surface area contributed by atoms with Crippen LogP contribution in [0.1, 0.15) is 37.7 Å². The highest BCUT2D eigenvalue weighted by Crippen LogP contribution is 2.46. The largest absolute Gasteiger partial charge is 0.486 e. The van der Waals surface area contributed by atoms with E-state index in [4.69, 9.17) is 4.74 Å². The van der Waals surface area contributed by atoms with Crippen LogP contribution in [0.3, 0.4) is 0 Å². The zero-order valence-corrected chi connectivity index (χ0v) is 17.0. The summed E-state index contributed by atoms with van der Waals surface area (Å²) in [6, 6.07) is 13.1. The summed E-state index contributed by atoms with van der Waals surface area (Å²) in [5, 5.41) is 0. The number of nitrogens with zero attached hydrogens (tertiary/aromatic N) is 2. The van der Waals surface area contributed by atoms with E-state index in [1.165, 1.54) is 12.8 Å². The zero-order chi connectivity index (χ0) is 19.3. The van der Waals surface area contributed by atoms with E-state index in [1.54, 1.807) is 16.4 Å². The van der Waals surface area contributed by atoms with Crippen LogP contribution >= 0.6 is 0 Å². The van der Waals surface area contributed by atoms with Gasteiger partial charge in [-0.05, 0) is 69.4 Å². The smallest absolute Gasteiger partial charge is 0.264 e. The van der Waals surface area contributed by atoms with Gasteiger partial charge in [-0.3, -0.25) is 4.31 Å². The Labute approximate surface area is 167 Å². The molecule has 0 N–H and O–H groups in total. The molecular formula is C22H26N2O3S. The Morgan fingerprint density at radius 3 is 2.46 bits per heavy atom. The predicted molar refractivity (Wildman–Crippen MR) is 111 cm³/mol. The molecule has 6 heteroatoms. The van der Waals surface area contributed by atoms with Crippen molar-refractivity contribution in [1.82, 2.24) is 0 Å². The van der Waals surface area contributed by atoms with Crippen LogP contribution in [0.2, 0.25) is 0 Å². The lowest BCUT2D eigenvalue weighted by Gasteiger charge is -2.40. The summed E-state index contributed by atoms with van der Waals surface area (Å²) in [7, 11) is -3.65. The molecule has 0 aromatic heterocycles. The number of aryl methyl sites for hydroxylation is 1. The topological polar surface area (TPSA) is 49.9 Å².